The standard InChI is InChI=1S/C2H4O2.Ca.H3N.H2O4S/c1-2(3)4;;;1-5(2,3)4/h1H3,(H,3,4);;1H3;(H2,1,2,3,4)/q;+2;;/p-2. The Morgan fingerprint density at radius 1 is 1.27 bits per heavy atom. The molecule has 4 N–H and O–H groups in total. The van der Waals surface area contributed by atoms with Crippen LogP contribution < -0.4 is 11.3 Å². The third-order valence-corrected chi connectivity index (χ3v) is 0. The van der Waals surface area contributed by atoms with Gasteiger partial charge in [-0.1, -0.05) is 0 Å². The maximum absolute atomic E-state index is 8.89. The van der Waals surface area contributed by atoms with E-state index in [9.17, 15) is 0 Å². The van der Waals surface area contributed by atoms with E-state index in [-0.39, 0.29) is 43.9 Å². The molecule has 0 amide bonds. The topological polar surface area (TPSA) is 157 Å². The fourth-order valence-corrected chi connectivity index (χ4v) is 0. The molecule has 0 fully saturated rings. The second-order valence-electron chi connectivity index (χ2n) is 0.900. The van der Waals surface area contributed by atoms with Crippen LogP contribution in [0.1, 0.15) is 6.92 Å². The quantitative estimate of drug-likeness (QED) is 0.264. The first-order valence-corrected chi connectivity index (χ1v) is 2.91. The van der Waals surface area contributed by atoms with Crippen LogP contribution in [0.5, 0.6) is 0 Å². The van der Waals surface area contributed by atoms with Crippen LogP contribution >= 0.6 is 0 Å². The Kier molecular flexibility index (Phi) is 21.7. The van der Waals surface area contributed by atoms with Crippen molar-refractivity contribution in [3.05, 3.63) is 0 Å². The molecular weight excluding hydrogens is 206 g/mol. The van der Waals surface area contributed by atoms with Crippen LogP contribution in [0.4, 0.5) is 0 Å². The summed E-state index contributed by atoms with van der Waals surface area (Å²) in [6.45, 7) is 0.972. The number of carbonyl (C=O) groups is 1. The number of hydrogen-bond donors (Lipinski definition) is 1. The molecule has 7 nitrogen and oxygen atoms in total. The van der Waals surface area contributed by atoms with Crippen LogP contribution in [-0.4, -0.2) is 61.2 Å². The van der Waals surface area contributed by atoms with Crippen LogP contribution in [0.15, 0.2) is 0 Å². The van der Waals surface area contributed by atoms with Gasteiger partial charge in [-0.3, -0.25) is 8.42 Å². The molecule has 0 atom stereocenters. The van der Waals surface area contributed by atoms with Gasteiger partial charge in [0.25, 0.3) is 0 Å². The number of carboxylic acid groups (broad SMARTS) is 1. The molecule has 11 heavy (non-hydrogen) atoms. The van der Waals surface area contributed by atoms with E-state index in [4.69, 9.17) is 27.4 Å². The van der Waals surface area contributed by atoms with Crippen molar-refractivity contribution in [3.8, 4) is 0 Å². The molecule has 64 valence electrons. The van der Waals surface area contributed by atoms with Crippen molar-refractivity contribution in [1.82, 2.24) is 6.15 Å². The Morgan fingerprint density at radius 2 is 1.27 bits per heavy atom. The number of carboxylic acids is 1. The van der Waals surface area contributed by atoms with Crippen LogP contribution in [-0.2, 0) is 15.2 Å². The fraction of sp³-hybridized carbons (Fsp3) is 0.500. The molecule has 0 aliphatic rings. The van der Waals surface area contributed by atoms with Crippen molar-refractivity contribution in [2.45, 2.75) is 6.92 Å². The molecule has 0 aromatic carbocycles. The maximum Gasteiger partial charge on any atom is 2.00 e. The Morgan fingerprint density at radius 3 is 1.27 bits per heavy atom. The third kappa shape index (κ3) is 2470. The van der Waals surface area contributed by atoms with E-state index in [1.54, 1.807) is 0 Å². The summed E-state index contributed by atoms with van der Waals surface area (Å²) in [5, 5.41) is 8.89. The second kappa shape index (κ2) is 10.6. The molecule has 0 saturated carbocycles. The molecule has 0 aromatic rings. The normalized spacial score (nSPS) is 7.55. The molecular formula is C2H7CaNO6S. The summed E-state index contributed by atoms with van der Waals surface area (Å²) >= 11 is 0. The van der Waals surface area contributed by atoms with Gasteiger partial charge >= 0.3 is 37.7 Å². The van der Waals surface area contributed by atoms with Gasteiger partial charge in [0, 0.05) is 16.4 Å². The van der Waals surface area contributed by atoms with Gasteiger partial charge in [-0.2, -0.15) is 0 Å². The Hall–Kier alpha value is 0.560. The summed E-state index contributed by atoms with van der Waals surface area (Å²) in [6.07, 6.45) is 0. The van der Waals surface area contributed by atoms with Gasteiger partial charge in [-0.15, -0.1) is 0 Å². The molecule has 0 rings (SSSR count). The van der Waals surface area contributed by atoms with Gasteiger partial charge in [0.2, 0.25) is 0 Å². The number of quaternary nitrogens is 1. The van der Waals surface area contributed by atoms with Crippen molar-refractivity contribution >= 4 is 54.1 Å². The van der Waals surface area contributed by atoms with Crippen LogP contribution in [0.3, 0.4) is 0 Å². The van der Waals surface area contributed by atoms with E-state index in [0.29, 0.717) is 0 Å². The minimum absolute atomic E-state index is 0. The van der Waals surface area contributed by atoms with Crippen molar-refractivity contribution in [2.24, 2.45) is 0 Å². The second-order valence-corrected chi connectivity index (χ2v) is 1.72. The molecule has 0 aliphatic heterocycles. The molecule has 0 aliphatic carbocycles. The third-order valence-electron chi connectivity index (χ3n) is 0. The van der Waals surface area contributed by atoms with E-state index in [1.165, 1.54) is 0 Å². The predicted octanol–water partition coefficient (Wildman–Crippen LogP) is -2.59. The zero-order chi connectivity index (χ0) is 8.08. The zero-order valence-electron chi connectivity index (χ0n) is 6.06. The van der Waals surface area contributed by atoms with Crippen molar-refractivity contribution in [2.75, 3.05) is 0 Å². The first-order valence-electron chi connectivity index (χ1n) is 1.57. The molecule has 9 heteroatoms. The predicted molar refractivity (Wildman–Crippen MR) is 32.9 cm³/mol. The average Bonchev–Trinajstić information content (AvgIpc) is 1.19. The van der Waals surface area contributed by atoms with E-state index in [1.807, 2.05) is 0 Å². The molecule has 0 saturated heterocycles. The molecule has 0 spiro atoms. The number of aliphatic carboxylic acids is 1. The average molecular weight is 213 g/mol. The summed E-state index contributed by atoms with van der Waals surface area (Å²) in [6, 6.07) is 0. The summed E-state index contributed by atoms with van der Waals surface area (Å²) in [5.41, 5.74) is 0. The van der Waals surface area contributed by atoms with Gasteiger partial charge in [0.05, 0.1) is 0 Å². The monoisotopic (exact) mass is 213 g/mol. The van der Waals surface area contributed by atoms with Gasteiger partial charge in [-0.05, 0) is 6.92 Å². The van der Waals surface area contributed by atoms with E-state index in [0.717, 1.165) is 6.92 Å². The van der Waals surface area contributed by atoms with E-state index < -0.39 is 16.4 Å². The van der Waals surface area contributed by atoms with Crippen molar-refractivity contribution in [1.29, 1.82) is 0 Å². The van der Waals surface area contributed by atoms with Crippen LogP contribution in [0.25, 0.3) is 0 Å². The first-order chi connectivity index (χ1) is 3.73. The molecule has 0 aromatic heterocycles. The number of rotatable bonds is 0. The van der Waals surface area contributed by atoms with Gasteiger partial charge in [0.15, 0.2) is 0 Å². The van der Waals surface area contributed by atoms with E-state index >= 15 is 0 Å². The summed E-state index contributed by atoms with van der Waals surface area (Å²) in [5.74, 6) is -1.08. The van der Waals surface area contributed by atoms with Gasteiger partial charge in [-0.25, -0.2) is 0 Å². The summed E-state index contributed by atoms with van der Waals surface area (Å²) in [7, 11) is -5.17. The number of carbonyl (C=O) groups excluding carboxylic acids is 1. The zero-order valence-corrected chi connectivity index (χ0v) is 9.09. The molecule has 0 unspecified atom stereocenters. The van der Waals surface area contributed by atoms with Gasteiger partial charge < -0.3 is 25.2 Å². The first kappa shape index (κ1) is 22.6. The molecule has 0 radical (unpaired) electrons. The van der Waals surface area contributed by atoms with Crippen molar-refractivity contribution in [3.63, 3.8) is 0 Å². The van der Waals surface area contributed by atoms with Crippen LogP contribution in [0.2, 0.25) is 0 Å². The Balaban J connectivity index is -0.0000000383. The molecule has 0 heterocycles. The van der Waals surface area contributed by atoms with Gasteiger partial charge in [0.1, 0.15) is 0 Å². The SMILES string of the molecule is CC(=O)[O-].O=S(=O)([O-])[O-].[Ca+2].[NH4+]. The number of hydrogen-bond acceptors (Lipinski definition) is 6. The Labute approximate surface area is 93.9 Å². The Bertz CT molecular complexity index is 163. The smallest absolute Gasteiger partial charge is 0.759 e. The van der Waals surface area contributed by atoms with E-state index in [2.05, 4.69) is 0 Å². The minimum Gasteiger partial charge on any atom is -0.759 e. The fourth-order valence-electron chi connectivity index (χ4n) is 0. The maximum atomic E-state index is 8.89. The summed E-state index contributed by atoms with van der Waals surface area (Å²) < 4.78 is 34.1. The van der Waals surface area contributed by atoms with Crippen molar-refractivity contribution < 1.29 is 27.4 Å². The largest absolute Gasteiger partial charge is 2.00 e. The summed E-state index contributed by atoms with van der Waals surface area (Å²) in [4.78, 5) is 8.89. The van der Waals surface area contributed by atoms with Crippen LogP contribution in [0, 0.1) is 0 Å². The minimum atomic E-state index is -5.17. The molecule has 0 bridgehead atoms.